The van der Waals surface area contributed by atoms with E-state index in [1.54, 1.807) is 31.2 Å². The number of aliphatic hydroxyl groups excluding tert-OH is 1. The lowest BCUT2D eigenvalue weighted by molar-refractivity contribution is -0.127. The highest BCUT2D eigenvalue weighted by atomic mass is 32.2. The third-order valence-corrected chi connectivity index (χ3v) is 9.52. The first-order valence-corrected chi connectivity index (χ1v) is 17.2. The van der Waals surface area contributed by atoms with Crippen LogP contribution in [-0.4, -0.2) is 73.7 Å². The number of carbonyl (C=O) groups excluding carboxylic acids is 1. The summed E-state index contributed by atoms with van der Waals surface area (Å²) in [5.41, 5.74) is 4.25. The molecule has 4 rings (SSSR count). The molecule has 1 aromatic carbocycles. The van der Waals surface area contributed by atoms with Gasteiger partial charge in [0.05, 0.1) is 17.5 Å². The van der Waals surface area contributed by atoms with Crippen molar-refractivity contribution in [2.45, 2.75) is 76.1 Å². The monoisotopic (exact) mass is 582 g/mol. The summed E-state index contributed by atoms with van der Waals surface area (Å²) < 4.78 is 55.8. The molecular formula is C26H38N4O7S2. The molecule has 0 radical (unpaired) electrons. The number of para-hydroxylation sites is 2. The van der Waals surface area contributed by atoms with Crippen LogP contribution in [0.4, 0.5) is 0 Å². The molecule has 216 valence electrons. The van der Waals surface area contributed by atoms with Gasteiger partial charge in [-0.3, -0.25) is 4.79 Å². The van der Waals surface area contributed by atoms with E-state index in [1.807, 2.05) is 0 Å². The number of sulfone groups is 2. The summed E-state index contributed by atoms with van der Waals surface area (Å²) in [7, 11) is -7.21. The Morgan fingerprint density at radius 2 is 1.87 bits per heavy atom. The van der Waals surface area contributed by atoms with Crippen LogP contribution in [0.1, 0.15) is 63.9 Å². The molecule has 2 saturated carbocycles. The summed E-state index contributed by atoms with van der Waals surface area (Å²) in [6, 6.07) is 4.93. The summed E-state index contributed by atoms with van der Waals surface area (Å²) in [4.78, 5) is 18.1. The van der Waals surface area contributed by atoms with E-state index < -0.39 is 49.5 Å². The first kappa shape index (κ1) is 29.5. The molecule has 13 heteroatoms. The molecule has 0 aliphatic heterocycles. The molecule has 3 atom stereocenters. The summed E-state index contributed by atoms with van der Waals surface area (Å²) in [5, 5.41) is 16.1. The minimum Gasteiger partial charge on any atom is -0.438 e. The van der Waals surface area contributed by atoms with E-state index in [-0.39, 0.29) is 23.6 Å². The van der Waals surface area contributed by atoms with Gasteiger partial charge in [0.1, 0.15) is 11.6 Å². The number of hydrogen-bond acceptors (Lipinski definition) is 10. The number of benzene rings is 1. The Bertz CT molecular complexity index is 1350. The standard InChI is InChI=1S/C26H38N4O7S2/c1-3-20(24(31)26-28-21-10-6-7-11-23(21)37-26)27-25(32)22(17-39(35,36)16-18-12-13-18)30(14-15-38(2,33)34)29-19-8-4-5-9-19/h6-7,10-11,14-15,18-20,22,24,29,31H,3-5,8-9,12-13,16-17H2,1-2H3,(H,27,32)/b15-14+. The van der Waals surface area contributed by atoms with Gasteiger partial charge in [-0.15, -0.1) is 0 Å². The van der Waals surface area contributed by atoms with Crippen LogP contribution < -0.4 is 10.7 Å². The van der Waals surface area contributed by atoms with Gasteiger partial charge >= 0.3 is 0 Å². The number of oxazole rings is 1. The second kappa shape index (κ2) is 12.4. The highest BCUT2D eigenvalue weighted by Crippen LogP contribution is 2.31. The second-order valence-corrected chi connectivity index (χ2v) is 14.7. The van der Waals surface area contributed by atoms with Gasteiger partial charge in [-0.2, -0.15) is 0 Å². The quantitative estimate of drug-likeness (QED) is 0.282. The molecular weight excluding hydrogens is 544 g/mol. The van der Waals surface area contributed by atoms with Crippen LogP contribution in [0.3, 0.4) is 0 Å². The van der Waals surface area contributed by atoms with Crippen molar-refractivity contribution >= 4 is 36.7 Å². The fourth-order valence-corrected chi connectivity index (χ4v) is 7.12. The number of amides is 1. The van der Waals surface area contributed by atoms with E-state index in [0.717, 1.165) is 50.2 Å². The van der Waals surface area contributed by atoms with Crippen molar-refractivity contribution in [2.75, 3.05) is 17.8 Å². The van der Waals surface area contributed by atoms with Gasteiger partial charge < -0.3 is 19.8 Å². The molecule has 2 aliphatic carbocycles. The zero-order valence-corrected chi connectivity index (χ0v) is 24.0. The predicted molar refractivity (Wildman–Crippen MR) is 148 cm³/mol. The Balaban J connectivity index is 1.60. The number of fused-ring (bicyclic) bond motifs is 1. The molecule has 2 fully saturated rings. The van der Waals surface area contributed by atoms with Crippen LogP contribution in [0.25, 0.3) is 11.1 Å². The van der Waals surface area contributed by atoms with Gasteiger partial charge in [0.15, 0.2) is 31.4 Å². The van der Waals surface area contributed by atoms with Crippen LogP contribution in [0, 0.1) is 5.92 Å². The number of hydrazine groups is 1. The zero-order valence-electron chi connectivity index (χ0n) is 22.3. The van der Waals surface area contributed by atoms with Gasteiger partial charge in [0.25, 0.3) is 0 Å². The lowest BCUT2D eigenvalue weighted by Gasteiger charge is -2.34. The summed E-state index contributed by atoms with van der Waals surface area (Å²) in [6.45, 7) is 1.77. The van der Waals surface area contributed by atoms with Crippen LogP contribution in [0.5, 0.6) is 0 Å². The van der Waals surface area contributed by atoms with E-state index in [4.69, 9.17) is 4.42 Å². The summed E-state index contributed by atoms with van der Waals surface area (Å²) in [5.74, 6) is -1.05. The molecule has 39 heavy (non-hydrogen) atoms. The van der Waals surface area contributed by atoms with Crippen molar-refractivity contribution < 1.29 is 31.2 Å². The summed E-state index contributed by atoms with van der Waals surface area (Å²) >= 11 is 0. The van der Waals surface area contributed by atoms with Gasteiger partial charge in [-0.05, 0) is 50.2 Å². The molecule has 1 amide bonds. The fraction of sp³-hybridized carbons (Fsp3) is 0.615. The number of hydrogen-bond donors (Lipinski definition) is 3. The van der Waals surface area contributed by atoms with E-state index in [0.29, 0.717) is 17.5 Å². The van der Waals surface area contributed by atoms with Gasteiger partial charge in [0.2, 0.25) is 11.8 Å². The van der Waals surface area contributed by atoms with Crippen molar-refractivity contribution in [3.8, 4) is 0 Å². The Kier molecular flexibility index (Phi) is 9.35. The summed E-state index contributed by atoms with van der Waals surface area (Å²) in [6.07, 6.45) is 6.55. The van der Waals surface area contributed by atoms with Crippen LogP contribution in [0.2, 0.25) is 0 Å². The normalized spacial score (nSPS) is 19.4. The van der Waals surface area contributed by atoms with Crippen LogP contribution >= 0.6 is 0 Å². The maximum atomic E-state index is 13.7. The topological polar surface area (TPSA) is 159 Å². The van der Waals surface area contributed by atoms with Crippen LogP contribution in [0.15, 0.2) is 40.3 Å². The number of nitrogens with one attached hydrogen (secondary N) is 2. The molecule has 0 spiro atoms. The first-order chi connectivity index (χ1) is 18.4. The highest BCUT2D eigenvalue weighted by molar-refractivity contribution is 7.93. The third kappa shape index (κ3) is 8.50. The van der Waals surface area contributed by atoms with Crippen molar-refractivity contribution in [3.05, 3.63) is 41.8 Å². The molecule has 2 aliphatic rings. The van der Waals surface area contributed by atoms with Crippen molar-refractivity contribution in [3.63, 3.8) is 0 Å². The van der Waals surface area contributed by atoms with Crippen molar-refractivity contribution in [2.24, 2.45) is 5.92 Å². The number of rotatable bonds is 14. The molecule has 1 aromatic heterocycles. The molecule has 3 unspecified atom stereocenters. The van der Waals surface area contributed by atoms with Gasteiger partial charge in [0, 0.05) is 23.9 Å². The maximum Gasteiger partial charge on any atom is 0.245 e. The Morgan fingerprint density at radius 3 is 2.49 bits per heavy atom. The minimum absolute atomic E-state index is 0.0213. The van der Waals surface area contributed by atoms with E-state index in [1.165, 1.54) is 11.2 Å². The average Bonchev–Trinajstić information content (AvgIpc) is 3.34. The largest absolute Gasteiger partial charge is 0.438 e. The lowest BCUT2D eigenvalue weighted by Crippen LogP contribution is -2.57. The molecule has 3 N–H and O–H groups in total. The van der Waals surface area contributed by atoms with Crippen LogP contribution in [-0.2, 0) is 24.5 Å². The Labute approximate surface area is 229 Å². The van der Waals surface area contributed by atoms with E-state index >= 15 is 0 Å². The van der Waals surface area contributed by atoms with E-state index in [2.05, 4.69) is 15.7 Å². The third-order valence-electron chi connectivity index (χ3n) is 7.10. The number of nitrogens with zero attached hydrogens (tertiary/aromatic N) is 2. The van der Waals surface area contributed by atoms with Gasteiger partial charge in [-0.1, -0.05) is 31.9 Å². The van der Waals surface area contributed by atoms with Crippen molar-refractivity contribution in [1.29, 1.82) is 0 Å². The smallest absolute Gasteiger partial charge is 0.245 e. The molecule has 1 heterocycles. The SMILES string of the molecule is CCC(NC(=O)C(CS(=O)(=O)CC1CC1)N(/C=C/S(C)(=O)=O)NC1CCCC1)C(O)c1nc2ccccc2o1. The number of aliphatic hydroxyl groups is 1. The lowest BCUT2D eigenvalue weighted by atomic mass is 10.1. The van der Waals surface area contributed by atoms with E-state index in [9.17, 15) is 26.7 Å². The predicted octanol–water partition coefficient (Wildman–Crippen LogP) is 2.21. The average molecular weight is 583 g/mol. The first-order valence-electron chi connectivity index (χ1n) is 13.4. The second-order valence-electron chi connectivity index (χ2n) is 10.7. The maximum absolute atomic E-state index is 13.7. The zero-order chi connectivity index (χ0) is 28.2. The van der Waals surface area contributed by atoms with Crippen molar-refractivity contribution in [1.82, 2.24) is 20.7 Å². The molecule has 0 saturated heterocycles. The number of carbonyl (C=O) groups is 1. The highest BCUT2D eigenvalue weighted by Gasteiger charge is 2.37. The molecule has 11 nitrogen and oxygen atoms in total. The Morgan fingerprint density at radius 1 is 1.18 bits per heavy atom. The molecule has 2 aromatic rings. The Hall–Kier alpha value is -2.48. The number of aromatic nitrogens is 1. The fourth-order valence-electron chi connectivity index (χ4n) is 4.79. The minimum atomic E-state index is -3.65. The van der Waals surface area contributed by atoms with Gasteiger partial charge in [-0.25, -0.2) is 27.2 Å². The molecule has 0 bridgehead atoms.